The van der Waals surface area contributed by atoms with E-state index in [2.05, 4.69) is 27.8 Å². The van der Waals surface area contributed by atoms with Gasteiger partial charge >= 0.3 is 0 Å². The number of nitrogens with one attached hydrogen (secondary N) is 2. The van der Waals surface area contributed by atoms with Gasteiger partial charge in [0.05, 0.1) is 19.1 Å². The molecular formula is C11H21N5O. The molecular weight excluding hydrogens is 218 g/mol. The van der Waals surface area contributed by atoms with Crippen LogP contribution in [0.2, 0.25) is 0 Å². The molecule has 17 heavy (non-hydrogen) atoms. The zero-order valence-corrected chi connectivity index (χ0v) is 10.7. The van der Waals surface area contributed by atoms with Crippen LogP contribution in [0.1, 0.15) is 25.1 Å². The molecule has 2 atom stereocenters. The fourth-order valence-corrected chi connectivity index (χ4v) is 2.22. The quantitative estimate of drug-likeness (QED) is 0.775. The predicted molar refractivity (Wildman–Crippen MR) is 66.2 cm³/mol. The Hall–Kier alpha value is -1.14. The Morgan fingerprint density at radius 2 is 2.24 bits per heavy atom. The summed E-state index contributed by atoms with van der Waals surface area (Å²) in [5.74, 6) is 2.07. The highest BCUT2D eigenvalue weighted by Crippen LogP contribution is 2.25. The van der Waals surface area contributed by atoms with Crippen LogP contribution in [0.4, 0.5) is 5.95 Å². The van der Waals surface area contributed by atoms with Crippen molar-refractivity contribution in [3.63, 3.8) is 0 Å². The van der Waals surface area contributed by atoms with Crippen molar-refractivity contribution in [3.05, 3.63) is 5.82 Å². The molecule has 1 aliphatic rings. The van der Waals surface area contributed by atoms with Gasteiger partial charge in [0, 0.05) is 20.1 Å². The molecule has 2 N–H and O–H groups in total. The maximum atomic E-state index is 5.56. The smallest absolute Gasteiger partial charge is 0.224 e. The number of rotatable bonds is 5. The van der Waals surface area contributed by atoms with E-state index in [9.17, 15) is 0 Å². The second-order valence-electron chi connectivity index (χ2n) is 4.40. The Balaban J connectivity index is 2.11. The van der Waals surface area contributed by atoms with Crippen molar-refractivity contribution in [2.24, 2.45) is 7.05 Å². The molecule has 1 saturated heterocycles. The van der Waals surface area contributed by atoms with Gasteiger partial charge in [-0.05, 0) is 13.0 Å². The van der Waals surface area contributed by atoms with Gasteiger partial charge in [-0.3, -0.25) is 0 Å². The van der Waals surface area contributed by atoms with Crippen molar-refractivity contribution >= 4 is 5.95 Å². The largest absolute Gasteiger partial charge is 0.379 e. The van der Waals surface area contributed by atoms with Crippen molar-refractivity contribution in [2.45, 2.75) is 25.3 Å². The minimum atomic E-state index is 0.293. The van der Waals surface area contributed by atoms with Crippen LogP contribution in [0.15, 0.2) is 0 Å². The first-order chi connectivity index (χ1) is 8.27. The maximum absolute atomic E-state index is 5.56. The summed E-state index contributed by atoms with van der Waals surface area (Å²) < 4.78 is 7.56. The predicted octanol–water partition coefficient (Wildman–Crippen LogP) is 0.339. The summed E-state index contributed by atoms with van der Waals surface area (Å²) >= 11 is 0. The summed E-state index contributed by atoms with van der Waals surface area (Å²) in [5.41, 5.74) is 0. The average Bonchev–Trinajstić information content (AvgIpc) is 2.92. The third-order valence-corrected chi connectivity index (χ3v) is 3.20. The van der Waals surface area contributed by atoms with Crippen LogP contribution in [-0.4, -0.2) is 47.6 Å². The van der Waals surface area contributed by atoms with E-state index in [0.717, 1.165) is 38.0 Å². The van der Waals surface area contributed by atoms with Gasteiger partial charge < -0.3 is 19.9 Å². The maximum Gasteiger partial charge on any atom is 0.224 e. The number of hydrogen-bond acceptors (Lipinski definition) is 5. The van der Waals surface area contributed by atoms with Gasteiger partial charge in [-0.1, -0.05) is 6.92 Å². The molecule has 6 heteroatoms. The molecule has 1 aliphatic heterocycles. The molecule has 0 amide bonds. The van der Waals surface area contributed by atoms with Crippen LogP contribution in [0.3, 0.4) is 0 Å². The minimum Gasteiger partial charge on any atom is -0.379 e. The average molecular weight is 239 g/mol. The van der Waals surface area contributed by atoms with Crippen molar-refractivity contribution in [3.8, 4) is 0 Å². The van der Waals surface area contributed by atoms with E-state index in [1.165, 1.54) is 0 Å². The van der Waals surface area contributed by atoms with E-state index in [4.69, 9.17) is 4.74 Å². The van der Waals surface area contributed by atoms with Crippen molar-refractivity contribution < 1.29 is 4.74 Å². The van der Waals surface area contributed by atoms with Gasteiger partial charge in [-0.25, -0.2) is 0 Å². The summed E-state index contributed by atoms with van der Waals surface area (Å²) in [4.78, 5) is 0. The summed E-state index contributed by atoms with van der Waals surface area (Å²) in [6.45, 7) is 4.66. The number of aromatic nitrogens is 3. The van der Waals surface area contributed by atoms with Crippen LogP contribution in [0.25, 0.3) is 0 Å². The Bertz CT molecular complexity index is 365. The van der Waals surface area contributed by atoms with Crippen LogP contribution in [-0.2, 0) is 11.8 Å². The lowest BCUT2D eigenvalue weighted by Crippen LogP contribution is -2.35. The summed E-state index contributed by atoms with van der Waals surface area (Å²) in [6.07, 6.45) is 1.13. The molecule has 6 nitrogen and oxygen atoms in total. The number of ether oxygens (including phenoxy) is 1. The zero-order chi connectivity index (χ0) is 12.3. The first kappa shape index (κ1) is 12.3. The lowest BCUT2D eigenvalue weighted by Gasteiger charge is -2.18. The highest BCUT2D eigenvalue weighted by molar-refractivity contribution is 5.25. The van der Waals surface area contributed by atoms with E-state index in [-0.39, 0.29) is 0 Å². The SMILES string of the molecule is CCCNC1COCC1c1nnc(NC)n1C. The second kappa shape index (κ2) is 5.46. The standard InChI is InChI=1S/C11H21N5O/c1-4-5-13-9-7-17-6-8(9)10-14-15-11(12-2)16(10)3/h8-9,13H,4-7H2,1-3H3,(H,12,15). The second-order valence-corrected chi connectivity index (χ2v) is 4.40. The number of hydrogen-bond donors (Lipinski definition) is 2. The highest BCUT2D eigenvalue weighted by atomic mass is 16.5. The van der Waals surface area contributed by atoms with E-state index in [0.29, 0.717) is 12.0 Å². The molecule has 96 valence electrons. The molecule has 0 bridgehead atoms. The summed E-state index contributed by atoms with van der Waals surface area (Å²) in [7, 11) is 3.84. The van der Waals surface area contributed by atoms with Crippen molar-refractivity contribution in [2.75, 3.05) is 32.1 Å². The molecule has 0 aliphatic carbocycles. The third kappa shape index (κ3) is 2.42. The highest BCUT2D eigenvalue weighted by Gasteiger charge is 2.32. The van der Waals surface area contributed by atoms with E-state index >= 15 is 0 Å². The molecule has 0 spiro atoms. The molecule has 0 saturated carbocycles. The van der Waals surface area contributed by atoms with Gasteiger partial charge in [0.15, 0.2) is 0 Å². The monoisotopic (exact) mass is 239 g/mol. The topological polar surface area (TPSA) is 64.0 Å². The van der Waals surface area contributed by atoms with Crippen LogP contribution in [0.5, 0.6) is 0 Å². The van der Waals surface area contributed by atoms with Crippen molar-refractivity contribution in [1.82, 2.24) is 20.1 Å². The molecule has 1 aromatic rings. The number of nitrogens with zero attached hydrogens (tertiary/aromatic N) is 3. The Morgan fingerprint density at radius 3 is 2.88 bits per heavy atom. The normalized spacial score (nSPS) is 24.2. The molecule has 0 radical (unpaired) electrons. The van der Waals surface area contributed by atoms with Crippen LogP contribution in [0, 0.1) is 0 Å². The minimum absolute atomic E-state index is 0.293. The molecule has 2 rings (SSSR count). The summed E-state index contributed by atoms with van der Waals surface area (Å²) in [5, 5.41) is 14.9. The number of anilines is 1. The third-order valence-electron chi connectivity index (χ3n) is 3.20. The molecule has 1 fully saturated rings. The lowest BCUT2D eigenvalue weighted by atomic mass is 10.0. The van der Waals surface area contributed by atoms with Gasteiger partial charge in [0.2, 0.25) is 5.95 Å². The van der Waals surface area contributed by atoms with Gasteiger partial charge in [0.1, 0.15) is 5.82 Å². The molecule has 0 aromatic carbocycles. The molecule has 1 aromatic heterocycles. The Morgan fingerprint density at radius 1 is 1.41 bits per heavy atom. The molecule has 2 unspecified atom stereocenters. The Labute approximate surface area is 102 Å². The first-order valence-corrected chi connectivity index (χ1v) is 6.16. The molecule has 2 heterocycles. The first-order valence-electron chi connectivity index (χ1n) is 6.16. The summed E-state index contributed by atoms with van der Waals surface area (Å²) in [6, 6.07) is 0.350. The lowest BCUT2D eigenvalue weighted by molar-refractivity contribution is 0.187. The van der Waals surface area contributed by atoms with Crippen LogP contribution >= 0.6 is 0 Å². The van der Waals surface area contributed by atoms with E-state index in [1.807, 2.05) is 18.7 Å². The van der Waals surface area contributed by atoms with Crippen molar-refractivity contribution in [1.29, 1.82) is 0 Å². The fraction of sp³-hybridized carbons (Fsp3) is 0.818. The van der Waals surface area contributed by atoms with Gasteiger partial charge in [-0.2, -0.15) is 0 Å². The van der Waals surface area contributed by atoms with E-state index < -0.39 is 0 Å². The zero-order valence-electron chi connectivity index (χ0n) is 10.7. The Kier molecular flexibility index (Phi) is 3.96. The van der Waals surface area contributed by atoms with Gasteiger partial charge in [-0.15, -0.1) is 10.2 Å². The fourth-order valence-electron chi connectivity index (χ4n) is 2.22. The van der Waals surface area contributed by atoms with E-state index in [1.54, 1.807) is 0 Å². The van der Waals surface area contributed by atoms with Gasteiger partial charge in [0.25, 0.3) is 0 Å². The van der Waals surface area contributed by atoms with Crippen LogP contribution < -0.4 is 10.6 Å².